The molecule has 0 fully saturated rings. The van der Waals surface area contributed by atoms with E-state index in [0.717, 1.165) is 0 Å². The van der Waals surface area contributed by atoms with Crippen LogP contribution in [0, 0.1) is 0 Å². The highest BCUT2D eigenvalue weighted by Crippen LogP contribution is 2.42. The van der Waals surface area contributed by atoms with Gasteiger partial charge in [-0.25, -0.2) is 0 Å². The van der Waals surface area contributed by atoms with Gasteiger partial charge < -0.3 is 0 Å². The van der Waals surface area contributed by atoms with Crippen molar-refractivity contribution in [2.45, 2.75) is 26.2 Å². The fourth-order valence-electron chi connectivity index (χ4n) is 9.11. The van der Waals surface area contributed by atoms with Gasteiger partial charge in [0.25, 0.3) is 0 Å². The molecule has 0 amide bonds. The number of rotatable bonds is 1. The molecule has 0 aliphatic carbocycles. The number of fused-ring (bicyclic) bond motifs is 15. The molecular formula is C44H34Si2. The van der Waals surface area contributed by atoms with Gasteiger partial charge in [0.15, 0.2) is 0 Å². The second-order valence-corrected chi connectivity index (χ2v) is 23.1. The summed E-state index contributed by atoms with van der Waals surface area (Å²) in [5, 5.41) is 17.1. The Morgan fingerprint density at radius 3 is 1.37 bits per heavy atom. The van der Waals surface area contributed by atoms with Gasteiger partial charge in [-0.15, -0.1) is 0 Å². The minimum absolute atomic E-state index is 1.29. The lowest BCUT2D eigenvalue weighted by Crippen LogP contribution is -2.49. The average molecular weight is 619 g/mol. The van der Waals surface area contributed by atoms with Crippen molar-refractivity contribution in [3.05, 3.63) is 133 Å². The quantitative estimate of drug-likeness (QED) is 0.127. The minimum Gasteiger partial charge on any atom is -0.0623 e. The maximum absolute atomic E-state index is 2.55. The molecule has 0 spiro atoms. The van der Waals surface area contributed by atoms with Crippen LogP contribution in [-0.4, -0.2) is 16.1 Å². The molecule has 0 nitrogen and oxygen atoms in total. The summed E-state index contributed by atoms with van der Waals surface area (Å²) in [6.45, 7) is 10.1. The highest BCUT2D eigenvalue weighted by Gasteiger charge is 2.41. The lowest BCUT2D eigenvalue weighted by molar-refractivity contribution is 1.67. The maximum atomic E-state index is 2.55. The molecule has 0 aromatic heterocycles. The van der Waals surface area contributed by atoms with E-state index in [-0.39, 0.29) is 0 Å². The zero-order chi connectivity index (χ0) is 30.9. The van der Waals surface area contributed by atoms with Crippen LogP contribution in [0.5, 0.6) is 0 Å². The van der Waals surface area contributed by atoms with Gasteiger partial charge in [0.05, 0.1) is 0 Å². The molecule has 0 saturated heterocycles. The summed E-state index contributed by atoms with van der Waals surface area (Å²) in [5.41, 5.74) is 8.50. The smallest absolute Gasteiger partial charge is 0.0623 e. The Morgan fingerprint density at radius 2 is 0.739 bits per heavy atom. The third-order valence-electron chi connectivity index (χ3n) is 11.5. The molecule has 8 aromatic rings. The van der Waals surface area contributed by atoms with Crippen LogP contribution in [0.2, 0.25) is 26.2 Å². The molecule has 10 rings (SSSR count). The molecule has 0 unspecified atom stereocenters. The van der Waals surface area contributed by atoms with Crippen LogP contribution in [0.3, 0.4) is 0 Å². The first-order valence-electron chi connectivity index (χ1n) is 16.5. The first-order valence-corrected chi connectivity index (χ1v) is 22.5. The Morgan fingerprint density at radius 1 is 0.304 bits per heavy atom. The Balaban J connectivity index is 1.18. The van der Waals surface area contributed by atoms with E-state index in [1.54, 1.807) is 20.7 Å². The van der Waals surface area contributed by atoms with Gasteiger partial charge in [0.1, 0.15) is 16.1 Å². The molecule has 8 aromatic carbocycles. The van der Waals surface area contributed by atoms with Crippen molar-refractivity contribution in [2.24, 2.45) is 0 Å². The summed E-state index contributed by atoms with van der Waals surface area (Å²) in [7, 11) is -3.63. The standard InChI is InChI=1S/C44H34Si2/c1-45(2)39-16-10-9-15-36(39)43-34-22-24-41-44(35(34)21-23-40(43)45)37-20-18-28(26-42(37)46(41,3)4)27-17-19-33-31-13-6-5-11-29(31)30-12-7-8-14-32(30)38(33)25-27/h5-26H,1-4H3. The highest BCUT2D eigenvalue weighted by atomic mass is 28.3. The van der Waals surface area contributed by atoms with Crippen molar-refractivity contribution in [1.82, 2.24) is 0 Å². The molecule has 2 aliphatic heterocycles. The first kappa shape index (κ1) is 26.5. The predicted octanol–water partition coefficient (Wildman–Crippen LogP) is 9.57. The topological polar surface area (TPSA) is 0 Å². The Kier molecular flexibility index (Phi) is 5.14. The summed E-state index contributed by atoms with van der Waals surface area (Å²) < 4.78 is 0. The van der Waals surface area contributed by atoms with Crippen LogP contribution in [0.25, 0.3) is 76.5 Å². The highest BCUT2D eigenvalue weighted by molar-refractivity contribution is 7.05. The molecule has 2 heterocycles. The zero-order valence-corrected chi connectivity index (χ0v) is 28.7. The average Bonchev–Trinajstić information content (AvgIpc) is 3.47. The Bertz CT molecular complexity index is 2600. The van der Waals surface area contributed by atoms with Crippen molar-refractivity contribution in [3.8, 4) is 33.4 Å². The van der Waals surface area contributed by atoms with Gasteiger partial charge in [-0.05, 0) is 103 Å². The van der Waals surface area contributed by atoms with Crippen LogP contribution in [-0.2, 0) is 0 Å². The Hall–Kier alpha value is -4.77. The van der Waals surface area contributed by atoms with Crippen molar-refractivity contribution < 1.29 is 0 Å². The van der Waals surface area contributed by atoms with E-state index in [2.05, 4.69) is 160 Å². The van der Waals surface area contributed by atoms with Crippen LogP contribution in [0.15, 0.2) is 133 Å². The van der Waals surface area contributed by atoms with Crippen LogP contribution < -0.4 is 20.7 Å². The van der Waals surface area contributed by atoms with Gasteiger partial charge in [0, 0.05) is 0 Å². The normalized spacial score (nSPS) is 15.3. The van der Waals surface area contributed by atoms with Crippen molar-refractivity contribution >= 4 is 80.0 Å². The monoisotopic (exact) mass is 618 g/mol. The second-order valence-electron chi connectivity index (χ2n) is 14.5. The van der Waals surface area contributed by atoms with Crippen LogP contribution in [0.1, 0.15) is 0 Å². The van der Waals surface area contributed by atoms with Gasteiger partial charge in [-0.2, -0.15) is 0 Å². The molecule has 0 atom stereocenters. The Labute approximate surface area is 272 Å². The van der Waals surface area contributed by atoms with E-state index in [9.17, 15) is 0 Å². The van der Waals surface area contributed by atoms with Crippen molar-refractivity contribution in [2.75, 3.05) is 0 Å². The molecule has 218 valence electrons. The summed E-state index contributed by atoms with van der Waals surface area (Å²) in [4.78, 5) is 0. The summed E-state index contributed by atoms with van der Waals surface area (Å²) in [6.07, 6.45) is 0. The van der Waals surface area contributed by atoms with E-state index >= 15 is 0 Å². The number of hydrogen-bond donors (Lipinski definition) is 0. The van der Waals surface area contributed by atoms with Gasteiger partial charge in [0.2, 0.25) is 0 Å². The fourth-order valence-corrected chi connectivity index (χ4v) is 15.3. The van der Waals surface area contributed by atoms with Crippen LogP contribution >= 0.6 is 0 Å². The van der Waals surface area contributed by atoms with Crippen molar-refractivity contribution in [1.29, 1.82) is 0 Å². The molecule has 2 heteroatoms. The molecule has 46 heavy (non-hydrogen) atoms. The third kappa shape index (κ3) is 3.28. The van der Waals surface area contributed by atoms with Gasteiger partial charge in [-0.1, -0.05) is 154 Å². The largest absolute Gasteiger partial charge is 0.113 e. The summed E-state index contributed by atoms with van der Waals surface area (Å²) in [5.74, 6) is 0. The molecule has 2 aliphatic rings. The predicted molar refractivity (Wildman–Crippen MR) is 206 cm³/mol. The van der Waals surface area contributed by atoms with E-state index in [1.165, 1.54) is 76.5 Å². The fraction of sp³-hybridized carbons (Fsp3) is 0.0909. The molecule has 0 radical (unpaired) electrons. The number of benzene rings is 8. The van der Waals surface area contributed by atoms with Gasteiger partial charge in [-0.3, -0.25) is 0 Å². The molecule has 0 N–H and O–H groups in total. The number of hydrogen-bond acceptors (Lipinski definition) is 0. The molecule has 0 saturated carbocycles. The van der Waals surface area contributed by atoms with E-state index in [0.29, 0.717) is 0 Å². The van der Waals surface area contributed by atoms with E-state index in [1.807, 2.05) is 0 Å². The first-order chi connectivity index (χ1) is 22.3. The maximum Gasteiger partial charge on any atom is 0.113 e. The van der Waals surface area contributed by atoms with Crippen molar-refractivity contribution in [3.63, 3.8) is 0 Å². The second kappa shape index (κ2) is 8.94. The van der Waals surface area contributed by atoms with Gasteiger partial charge >= 0.3 is 0 Å². The van der Waals surface area contributed by atoms with Crippen LogP contribution in [0.4, 0.5) is 0 Å². The molecule has 0 bridgehead atoms. The minimum atomic E-state index is -1.91. The summed E-state index contributed by atoms with van der Waals surface area (Å²) in [6, 6.07) is 51.3. The molecular weight excluding hydrogens is 585 g/mol. The third-order valence-corrected chi connectivity index (χ3v) is 18.5. The lowest BCUT2D eigenvalue weighted by Gasteiger charge is -2.21. The SMILES string of the molecule is C[Si]1(C)c2ccccc2-c2c1ccc1c3c(ccc21)[Si](C)(C)c1cc(-c2ccc4c5ccccc5c5ccccc5c4c2)ccc1-3. The lowest BCUT2D eigenvalue weighted by atomic mass is 9.91. The van der Waals surface area contributed by atoms with E-state index < -0.39 is 16.1 Å². The van der Waals surface area contributed by atoms with E-state index in [4.69, 9.17) is 0 Å². The summed E-state index contributed by atoms with van der Waals surface area (Å²) >= 11 is 0. The zero-order valence-electron chi connectivity index (χ0n) is 26.7.